The Morgan fingerprint density at radius 3 is 2.53 bits per heavy atom. The monoisotopic (exact) mass is 440 g/mol. The molecule has 30 heavy (non-hydrogen) atoms. The summed E-state index contributed by atoms with van der Waals surface area (Å²) in [6.45, 7) is 2.55. The summed E-state index contributed by atoms with van der Waals surface area (Å²) in [5, 5.41) is 9.64. The molecule has 8 nitrogen and oxygen atoms in total. The van der Waals surface area contributed by atoms with Crippen LogP contribution in [0.5, 0.6) is 0 Å². The Hall–Kier alpha value is -3.18. The van der Waals surface area contributed by atoms with Crippen LogP contribution in [0.3, 0.4) is 0 Å². The molecule has 0 aliphatic carbocycles. The molecule has 0 amide bonds. The fraction of sp³-hybridized carbons (Fsp3) is 0.0500. The summed E-state index contributed by atoms with van der Waals surface area (Å²) in [4.78, 5) is 21.1. The summed E-state index contributed by atoms with van der Waals surface area (Å²) in [6.07, 6.45) is 3.67. The van der Waals surface area contributed by atoms with Crippen molar-refractivity contribution in [3.05, 3.63) is 72.8 Å². The fourth-order valence-corrected chi connectivity index (χ4v) is 4.32. The first kappa shape index (κ1) is 21.5. The van der Waals surface area contributed by atoms with Gasteiger partial charge in [0, 0.05) is 4.90 Å². The van der Waals surface area contributed by atoms with Crippen LogP contribution < -0.4 is 16.3 Å². The highest BCUT2D eigenvalue weighted by Gasteiger charge is 2.06. The van der Waals surface area contributed by atoms with Crippen molar-refractivity contribution in [2.75, 3.05) is 10.9 Å². The van der Waals surface area contributed by atoms with Gasteiger partial charge in [-0.15, -0.1) is 0 Å². The minimum Gasteiger partial charge on any atom is -0.341 e. The van der Waals surface area contributed by atoms with E-state index >= 15 is 0 Å². The van der Waals surface area contributed by atoms with E-state index in [0.29, 0.717) is 12.2 Å². The van der Waals surface area contributed by atoms with Crippen LogP contribution in [-0.4, -0.2) is 26.9 Å². The zero-order chi connectivity index (χ0) is 21.2. The molecule has 5 N–H and O–H groups in total. The summed E-state index contributed by atoms with van der Waals surface area (Å²) in [6, 6.07) is 17.6. The molecule has 0 fully saturated rings. The van der Waals surface area contributed by atoms with Gasteiger partial charge in [-0.05, 0) is 29.8 Å². The summed E-state index contributed by atoms with van der Waals surface area (Å²) in [5.74, 6) is 0.843. The molecule has 4 rings (SSSR count). The van der Waals surface area contributed by atoms with Crippen molar-refractivity contribution in [1.29, 1.82) is 0 Å². The second-order valence-corrected chi connectivity index (χ2v) is 8.22. The van der Waals surface area contributed by atoms with E-state index in [1.165, 1.54) is 0 Å². The zero-order valence-corrected chi connectivity index (χ0v) is 17.5. The second kappa shape index (κ2) is 11.1. The minimum absolute atomic E-state index is 0.546. The molecule has 0 aliphatic heterocycles. The molecular weight excluding hydrogens is 420 g/mol. The number of anilines is 2. The van der Waals surface area contributed by atoms with E-state index in [2.05, 4.69) is 31.3 Å². The van der Waals surface area contributed by atoms with E-state index in [-0.39, 0.29) is 0 Å². The van der Waals surface area contributed by atoms with E-state index < -0.39 is 0 Å². The van der Waals surface area contributed by atoms with Crippen LogP contribution in [0.15, 0.2) is 76.1 Å². The Morgan fingerprint density at radius 2 is 1.80 bits per heavy atom. The highest BCUT2D eigenvalue weighted by Crippen LogP contribution is 2.34. The van der Waals surface area contributed by atoms with Crippen molar-refractivity contribution in [2.45, 2.75) is 15.6 Å². The molecule has 2 aromatic carbocycles. The average molecular weight is 441 g/mol. The molecule has 0 unspecified atom stereocenters. The number of hydrazine groups is 1. The van der Waals surface area contributed by atoms with Crippen LogP contribution in [0, 0.1) is 0 Å². The predicted octanol–water partition coefficient (Wildman–Crippen LogP) is 4.42. The molecule has 2 aromatic heterocycles. The lowest BCUT2D eigenvalue weighted by Crippen LogP contribution is -2.21. The van der Waals surface area contributed by atoms with Gasteiger partial charge >= 0.3 is 0 Å². The number of aromatic nitrogens is 3. The lowest BCUT2D eigenvalue weighted by molar-refractivity contribution is -0.0979. The summed E-state index contributed by atoms with van der Waals surface area (Å²) >= 11 is 3.18. The van der Waals surface area contributed by atoms with Gasteiger partial charge in [-0.3, -0.25) is 16.1 Å². The Morgan fingerprint density at radius 1 is 1.03 bits per heavy atom. The number of hydrogen-bond donors (Lipinski definition) is 5. The predicted molar refractivity (Wildman–Crippen MR) is 120 cm³/mol. The van der Waals surface area contributed by atoms with E-state index in [0.717, 1.165) is 31.3 Å². The van der Waals surface area contributed by atoms with E-state index in [9.17, 15) is 0 Å². The van der Waals surface area contributed by atoms with Crippen molar-refractivity contribution >= 4 is 40.7 Å². The van der Waals surface area contributed by atoms with Gasteiger partial charge in [0.25, 0.3) is 0 Å². The van der Waals surface area contributed by atoms with Gasteiger partial charge in [0.15, 0.2) is 5.13 Å². The van der Waals surface area contributed by atoms with Crippen molar-refractivity contribution in [1.82, 2.24) is 20.4 Å². The number of imidazole rings is 1. The molecule has 0 radical (unpaired) electrons. The van der Waals surface area contributed by atoms with Crippen LogP contribution in [0.4, 0.5) is 10.8 Å². The summed E-state index contributed by atoms with van der Waals surface area (Å²) in [7, 11) is 0. The van der Waals surface area contributed by atoms with Crippen LogP contribution in [0.1, 0.15) is 5.82 Å². The number of benzene rings is 2. The number of aromatic amines is 1. The maximum absolute atomic E-state index is 8.86. The van der Waals surface area contributed by atoms with Gasteiger partial charge in [-0.2, -0.15) is 0 Å². The SMILES string of the molecule is C=O.ONc1ccc(Sc2cnc(NNCc3ncc(-c4ccccc4)[nH]3)s2)cc1. The Labute approximate surface area is 181 Å². The number of rotatable bonds is 8. The zero-order valence-electron chi connectivity index (χ0n) is 15.8. The smallest absolute Gasteiger partial charge is 0.198 e. The molecule has 0 aliphatic rings. The summed E-state index contributed by atoms with van der Waals surface area (Å²) in [5.41, 5.74) is 11.1. The maximum Gasteiger partial charge on any atom is 0.198 e. The lowest BCUT2D eigenvalue weighted by Gasteiger charge is -2.03. The number of thiazole rings is 1. The third-order valence-electron chi connectivity index (χ3n) is 3.85. The molecule has 2 heterocycles. The number of carbonyl (C=O) groups excluding carboxylic acids is 1. The van der Waals surface area contributed by atoms with Gasteiger partial charge in [-0.1, -0.05) is 53.4 Å². The number of carbonyl (C=O) groups is 1. The molecule has 4 aromatic rings. The van der Waals surface area contributed by atoms with Crippen LogP contribution in [-0.2, 0) is 11.3 Å². The van der Waals surface area contributed by atoms with Gasteiger partial charge in [-0.25, -0.2) is 15.4 Å². The molecule has 0 saturated heterocycles. The van der Waals surface area contributed by atoms with Crippen LogP contribution >= 0.6 is 23.1 Å². The van der Waals surface area contributed by atoms with E-state index in [1.807, 2.05) is 73.8 Å². The van der Waals surface area contributed by atoms with Crippen molar-refractivity contribution in [3.63, 3.8) is 0 Å². The first-order valence-electron chi connectivity index (χ1n) is 8.81. The Balaban J connectivity index is 0.00000124. The van der Waals surface area contributed by atoms with Gasteiger partial charge in [0.05, 0.1) is 34.5 Å². The molecular formula is C20H20N6O2S2. The highest BCUT2D eigenvalue weighted by atomic mass is 32.2. The number of hydrogen-bond acceptors (Lipinski definition) is 9. The Bertz CT molecular complexity index is 1040. The van der Waals surface area contributed by atoms with Crippen LogP contribution in [0.2, 0.25) is 0 Å². The number of nitrogens with one attached hydrogen (secondary N) is 4. The van der Waals surface area contributed by atoms with Gasteiger partial charge in [0.2, 0.25) is 0 Å². The first-order valence-corrected chi connectivity index (χ1v) is 10.4. The molecule has 0 atom stereocenters. The third-order valence-corrected chi connectivity index (χ3v) is 5.87. The minimum atomic E-state index is 0.546. The van der Waals surface area contributed by atoms with Crippen molar-refractivity contribution in [2.24, 2.45) is 0 Å². The Kier molecular flexibility index (Phi) is 7.98. The van der Waals surface area contributed by atoms with E-state index in [4.69, 9.17) is 10.0 Å². The molecule has 154 valence electrons. The quantitative estimate of drug-likeness (QED) is 0.256. The fourth-order valence-electron chi connectivity index (χ4n) is 2.50. The molecule has 0 spiro atoms. The highest BCUT2D eigenvalue weighted by molar-refractivity contribution is 8.01. The topological polar surface area (TPSA) is 115 Å². The van der Waals surface area contributed by atoms with Crippen LogP contribution in [0.25, 0.3) is 11.3 Å². The normalized spacial score (nSPS) is 10.2. The maximum atomic E-state index is 8.86. The standard InChI is InChI=1S/C19H18N6OS2.CH2O/c26-25-14-6-8-15(9-7-14)27-18-12-21-19(28-18)24-22-11-17-20-10-16(23-17)13-4-2-1-3-5-13;1-2/h1-10,12,22,25-26H,11H2,(H,20,23)(H,21,24);1H2. The second-order valence-electron chi connectivity index (χ2n) is 5.81. The van der Waals surface area contributed by atoms with Gasteiger partial charge in [0.1, 0.15) is 12.6 Å². The van der Waals surface area contributed by atoms with Gasteiger partial charge < -0.3 is 9.78 Å². The largest absolute Gasteiger partial charge is 0.341 e. The molecule has 0 bridgehead atoms. The van der Waals surface area contributed by atoms with E-state index in [1.54, 1.807) is 23.1 Å². The number of nitrogens with zero attached hydrogens (tertiary/aromatic N) is 2. The summed E-state index contributed by atoms with van der Waals surface area (Å²) < 4.78 is 1.07. The number of H-pyrrole nitrogens is 1. The van der Waals surface area contributed by atoms with Crippen molar-refractivity contribution < 1.29 is 10.0 Å². The molecule has 10 heteroatoms. The first-order chi connectivity index (χ1) is 14.8. The molecule has 0 saturated carbocycles. The van der Waals surface area contributed by atoms with Crippen molar-refractivity contribution in [3.8, 4) is 11.3 Å². The lowest BCUT2D eigenvalue weighted by atomic mass is 10.2. The average Bonchev–Trinajstić information content (AvgIpc) is 3.46. The third kappa shape index (κ3) is 5.91.